The lowest BCUT2D eigenvalue weighted by atomic mass is 10.5. The summed E-state index contributed by atoms with van der Waals surface area (Å²) in [6, 6.07) is 3.34. The first-order valence-corrected chi connectivity index (χ1v) is 7.13. The van der Waals surface area contributed by atoms with Gasteiger partial charge in [-0.15, -0.1) is 11.3 Å². The van der Waals surface area contributed by atoms with E-state index >= 15 is 0 Å². The van der Waals surface area contributed by atoms with Crippen molar-refractivity contribution in [2.45, 2.75) is 6.92 Å². The van der Waals surface area contributed by atoms with E-state index in [-0.39, 0.29) is 5.50 Å². The van der Waals surface area contributed by atoms with Crippen LogP contribution in [0.15, 0.2) is 29.1 Å². The van der Waals surface area contributed by atoms with Crippen molar-refractivity contribution in [1.82, 2.24) is 0 Å². The van der Waals surface area contributed by atoms with Crippen LogP contribution < -0.4 is 0 Å². The van der Waals surface area contributed by atoms with Gasteiger partial charge >= 0.3 is 13.6 Å². The van der Waals surface area contributed by atoms with Crippen molar-refractivity contribution in [3.8, 4) is 0 Å². The van der Waals surface area contributed by atoms with Crippen molar-refractivity contribution in [2.75, 3.05) is 14.2 Å². The van der Waals surface area contributed by atoms with Crippen molar-refractivity contribution in [2.24, 2.45) is 0 Å². The molecule has 1 rings (SSSR count). The molecule has 5 nitrogen and oxygen atoms in total. The normalized spacial score (nSPS) is 12.5. The maximum Gasteiger partial charge on any atom is 0.395 e. The summed E-state index contributed by atoms with van der Waals surface area (Å²) < 4.78 is 26.5. The molecule has 17 heavy (non-hydrogen) atoms. The van der Waals surface area contributed by atoms with Crippen LogP contribution in [0.3, 0.4) is 0 Å². The van der Waals surface area contributed by atoms with Crippen LogP contribution >= 0.6 is 18.9 Å². The second-order valence-electron chi connectivity index (χ2n) is 2.86. The number of carbonyl (C=O) groups is 1. The largest absolute Gasteiger partial charge is 0.414 e. The van der Waals surface area contributed by atoms with E-state index in [0.717, 1.165) is 0 Å². The van der Waals surface area contributed by atoms with Gasteiger partial charge in [-0.1, -0.05) is 6.07 Å². The molecule has 0 radical (unpaired) electrons. The second-order valence-corrected chi connectivity index (χ2v) is 5.97. The molecule has 0 unspecified atom stereocenters. The molecule has 0 amide bonds. The van der Waals surface area contributed by atoms with E-state index in [1.54, 1.807) is 24.4 Å². The highest BCUT2D eigenvalue weighted by molar-refractivity contribution is 7.58. The zero-order valence-corrected chi connectivity index (χ0v) is 11.4. The Labute approximate surface area is 104 Å². The Kier molecular flexibility index (Phi) is 5.08. The minimum atomic E-state index is -3.52. The average Bonchev–Trinajstić information content (AvgIpc) is 2.88. The predicted octanol–water partition coefficient (Wildman–Crippen LogP) is 3.25. The molecule has 0 bridgehead atoms. The summed E-state index contributed by atoms with van der Waals surface area (Å²) >= 11 is 1.24. The molecule has 0 atom stereocenters. The molecule has 0 fully saturated rings. The molecule has 0 aromatic carbocycles. The van der Waals surface area contributed by atoms with Crippen LogP contribution in [-0.4, -0.2) is 20.2 Å². The standard InChI is InChI=1S/C10H13O5PS/c1-4-9(16(12,13-2)14-3)15-10(11)8-6-5-7-17-8/h4-7H,1-3H3. The molecule has 0 N–H and O–H groups in total. The maximum atomic E-state index is 12.0. The third-order valence-corrected chi connectivity index (χ3v) is 4.62. The Balaban J connectivity index is 2.86. The lowest BCUT2D eigenvalue weighted by Gasteiger charge is -2.15. The van der Waals surface area contributed by atoms with Gasteiger partial charge in [0.25, 0.3) is 0 Å². The average molecular weight is 276 g/mol. The van der Waals surface area contributed by atoms with Gasteiger partial charge in [0.05, 0.1) is 0 Å². The molecule has 0 aliphatic carbocycles. The Hall–Kier alpha value is -0.940. The van der Waals surface area contributed by atoms with E-state index in [1.807, 2.05) is 0 Å². The Morgan fingerprint density at radius 2 is 2.06 bits per heavy atom. The fraction of sp³-hybridized carbons (Fsp3) is 0.300. The van der Waals surface area contributed by atoms with E-state index in [2.05, 4.69) is 0 Å². The van der Waals surface area contributed by atoms with Gasteiger partial charge in [-0.25, -0.2) is 4.79 Å². The van der Waals surface area contributed by atoms with Gasteiger partial charge < -0.3 is 13.8 Å². The summed E-state index contributed by atoms with van der Waals surface area (Å²) in [7, 11) is -1.07. The van der Waals surface area contributed by atoms with Crippen molar-refractivity contribution in [3.63, 3.8) is 0 Å². The fourth-order valence-electron chi connectivity index (χ4n) is 1.07. The minimum Gasteiger partial charge on any atom is -0.414 e. The molecule has 0 spiro atoms. The summed E-state index contributed by atoms with van der Waals surface area (Å²) in [6.07, 6.45) is 1.39. The number of hydrogen-bond donors (Lipinski definition) is 0. The molecular formula is C10H13O5PS. The summed E-state index contributed by atoms with van der Waals surface area (Å²) in [5.41, 5.74) is -0.110. The van der Waals surface area contributed by atoms with E-state index in [0.29, 0.717) is 4.88 Å². The van der Waals surface area contributed by atoms with Gasteiger partial charge in [-0.3, -0.25) is 4.57 Å². The highest BCUT2D eigenvalue weighted by Gasteiger charge is 2.31. The van der Waals surface area contributed by atoms with Crippen molar-refractivity contribution < 1.29 is 23.1 Å². The third kappa shape index (κ3) is 3.26. The molecular weight excluding hydrogens is 263 g/mol. The van der Waals surface area contributed by atoms with Gasteiger partial charge in [0.15, 0.2) is 0 Å². The predicted molar refractivity (Wildman–Crippen MR) is 65.1 cm³/mol. The highest BCUT2D eigenvalue weighted by Crippen LogP contribution is 2.55. The van der Waals surface area contributed by atoms with Crippen LogP contribution in [0.2, 0.25) is 0 Å². The van der Waals surface area contributed by atoms with E-state index < -0.39 is 13.6 Å². The second kappa shape index (κ2) is 6.12. The number of rotatable bonds is 5. The van der Waals surface area contributed by atoms with Gasteiger partial charge in [0.1, 0.15) is 4.88 Å². The monoisotopic (exact) mass is 276 g/mol. The number of esters is 1. The quantitative estimate of drug-likeness (QED) is 0.469. The number of ether oxygens (including phenoxy) is 1. The first kappa shape index (κ1) is 14.1. The summed E-state index contributed by atoms with van der Waals surface area (Å²) in [5, 5.41) is 1.75. The lowest BCUT2D eigenvalue weighted by molar-refractivity contribution is 0.0637. The summed E-state index contributed by atoms with van der Waals surface area (Å²) in [4.78, 5) is 12.1. The fourth-order valence-corrected chi connectivity index (χ4v) is 2.69. The first-order chi connectivity index (χ1) is 8.07. The van der Waals surface area contributed by atoms with E-state index in [9.17, 15) is 9.36 Å². The summed E-state index contributed by atoms with van der Waals surface area (Å²) in [5.74, 6) is -0.581. The Bertz CT molecular complexity index is 443. The van der Waals surface area contributed by atoms with Crippen LogP contribution in [-0.2, 0) is 18.3 Å². The van der Waals surface area contributed by atoms with Gasteiger partial charge in [-0.2, -0.15) is 0 Å². The van der Waals surface area contributed by atoms with E-state index in [1.165, 1.54) is 31.6 Å². The van der Waals surface area contributed by atoms with Crippen molar-refractivity contribution >= 4 is 24.9 Å². The number of hydrogen-bond acceptors (Lipinski definition) is 6. The van der Waals surface area contributed by atoms with Crippen LogP contribution in [0.4, 0.5) is 0 Å². The van der Waals surface area contributed by atoms with E-state index in [4.69, 9.17) is 13.8 Å². The molecule has 94 valence electrons. The minimum absolute atomic E-state index is 0.110. The van der Waals surface area contributed by atoms with Gasteiger partial charge in [0.2, 0.25) is 5.50 Å². The maximum absolute atomic E-state index is 12.0. The third-order valence-electron chi connectivity index (χ3n) is 1.92. The Morgan fingerprint density at radius 1 is 1.41 bits per heavy atom. The highest BCUT2D eigenvalue weighted by atomic mass is 32.1. The molecule has 1 aromatic heterocycles. The molecule has 7 heteroatoms. The molecule has 0 aliphatic rings. The first-order valence-electron chi connectivity index (χ1n) is 4.71. The lowest BCUT2D eigenvalue weighted by Crippen LogP contribution is -2.05. The zero-order chi connectivity index (χ0) is 12.9. The van der Waals surface area contributed by atoms with Crippen LogP contribution in [0.25, 0.3) is 0 Å². The smallest absolute Gasteiger partial charge is 0.395 e. The molecule has 0 aliphatic heterocycles. The SMILES string of the molecule is CC=C(OC(=O)c1cccs1)P(=O)(OC)OC. The molecule has 1 aromatic rings. The van der Waals surface area contributed by atoms with Crippen molar-refractivity contribution in [3.05, 3.63) is 34.0 Å². The van der Waals surface area contributed by atoms with Gasteiger partial charge in [-0.05, 0) is 24.4 Å². The van der Waals surface area contributed by atoms with Crippen LogP contribution in [0.5, 0.6) is 0 Å². The van der Waals surface area contributed by atoms with Crippen LogP contribution in [0, 0.1) is 0 Å². The number of carbonyl (C=O) groups excluding carboxylic acids is 1. The zero-order valence-electron chi connectivity index (χ0n) is 9.71. The molecule has 1 heterocycles. The topological polar surface area (TPSA) is 61.8 Å². The van der Waals surface area contributed by atoms with Crippen molar-refractivity contribution in [1.29, 1.82) is 0 Å². The van der Waals surface area contributed by atoms with Gasteiger partial charge in [0, 0.05) is 14.2 Å². The molecule has 0 saturated heterocycles. The number of thiophene rings is 1. The number of allylic oxidation sites excluding steroid dienone is 1. The van der Waals surface area contributed by atoms with Crippen LogP contribution in [0.1, 0.15) is 16.6 Å². The summed E-state index contributed by atoms with van der Waals surface area (Å²) in [6.45, 7) is 1.59. The Morgan fingerprint density at radius 3 is 2.47 bits per heavy atom. The molecule has 0 saturated carbocycles.